The molecule has 0 N–H and O–H groups in total. The van der Waals surface area contributed by atoms with Crippen molar-refractivity contribution in [3.63, 3.8) is 0 Å². The van der Waals surface area contributed by atoms with Gasteiger partial charge < -0.3 is 14.2 Å². The van der Waals surface area contributed by atoms with Crippen molar-refractivity contribution >= 4 is 5.78 Å². The van der Waals surface area contributed by atoms with Crippen LogP contribution in [0.15, 0.2) is 60.9 Å². The van der Waals surface area contributed by atoms with Gasteiger partial charge in [0.15, 0.2) is 17.3 Å². The second kappa shape index (κ2) is 6.61. The summed E-state index contributed by atoms with van der Waals surface area (Å²) >= 11 is 0. The van der Waals surface area contributed by atoms with Crippen molar-refractivity contribution in [1.29, 1.82) is 0 Å². The summed E-state index contributed by atoms with van der Waals surface area (Å²) in [4.78, 5) is 12.2. The maximum atomic E-state index is 12.2. The highest BCUT2D eigenvalue weighted by Crippen LogP contribution is 2.28. The van der Waals surface area contributed by atoms with E-state index in [4.69, 9.17) is 14.2 Å². The minimum Gasteiger partial charge on any atom is -0.497 e. The fraction of sp³-hybridized carbons (Fsp3) is 0.118. The Labute approximate surface area is 123 Å². The van der Waals surface area contributed by atoms with Crippen LogP contribution in [0.2, 0.25) is 0 Å². The second-order valence-corrected chi connectivity index (χ2v) is 4.23. The van der Waals surface area contributed by atoms with Crippen LogP contribution in [-0.4, -0.2) is 20.0 Å². The van der Waals surface area contributed by atoms with Crippen molar-refractivity contribution in [1.82, 2.24) is 0 Å². The second-order valence-electron chi connectivity index (χ2n) is 4.23. The average Bonchev–Trinajstić information content (AvgIpc) is 2.54. The molecule has 0 saturated heterocycles. The standard InChI is InChI=1S/C17H16O4/c1-12(21-16-7-5-4-6-15(16)20-3)17(18)13-8-10-14(19-2)11-9-13/h4-11H,1H2,2-3H3. The monoisotopic (exact) mass is 284 g/mol. The Morgan fingerprint density at radius 2 is 1.52 bits per heavy atom. The molecule has 0 spiro atoms. The summed E-state index contributed by atoms with van der Waals surface area (Å²) in [5.41, 5.74) is 0.482. The minimum absolute atomic E-state index is 0.0321. The van der Waals surface area contributed by atoms with Crippen LogP contribution in [0.5, 0.6) is 17.2 Å². The molecule has 0 fully saturated rings. The molecule has 0 radical (unpaired) electrons. The van der Waals surface area contributed by atoms with E-state index in [2.05, 4.69) is 6.58 Å². The van der Waals surface area contributed by atoms with E-state index in [0.29, 0.717) is 22.8 Å². The van der Waals surface area contributed by atoms with Crippen molar-refractivity contribution in [2.75, 3.05) is 14.2 Å². The molecular weight excluding hydrogens is 268 g/mol. The zero-order valence-electron chi connectivity index (χ0n) is 12.0. The third-order valence-electron chi connectivity index (χ3n) is 2.91. The molecule has 0 bridgehead atoms. The number of ketones is 1. The lowest BCUT2D eigenvalue weighted by Gasteiger charge is -2.11. The lowest BCUT2D eigenvalue weighted by Crippen LogP contribution is -2.08. The summed E-state index contributed by atoms with van der Waals surface area (Å²) in [6.45, 7) is 3.69. The number of carbonyl (C=O) groups excluding carboxylic acids is 1. The molecule has 21 heavy (non-hydrogen) atoms. The van der Waals surface area contributed by atoms with Crippen LogP contribution in [-0.2, 0) is 0 Å². The molecule has 0 aromatic heterocycles. The van der Waals surface area contributed by atoms with Gasteiger partial charge in [0, 0.05) is 5.56 Å². The molecule has 2 rings (SSSR count). The molecule has 2 aromatic carbocycles. The molecular formula is C17H16O4. The van der Waals surface area contributed by atoms with Gasteiger partial charge in [0.05, 0.1) is 14.2 Å². The Hall–Kier alpha value is -2.75. The summed E-state index contributed by atoms with van der Waals surface area (Å²) in [7, 11) is 3.11. The number of benzene rings is 2. The van der Waals surface area contributed by atoms with Gasteiger partial charge >= 0.3 is 0 Å². The first-order valence-electron chi connectivity index (χ1n) is 6.34. The molecule has 2 aromatic rings. The molecule has 0 unspecified atom stereocenters. The normalized spacial score (nSPS) is 9.81. The van der Waals surface area contributed by atoms with Gasteiger partial charge in [-0.15, -0.1) is 0 Å². The highest BCUT2D eigenvalue weighted by atomic mass is 16.5. The minimum atomic E-state index is -0.288. The smallest absolute Gasteiger partial charge is 0.227 e. The Bertz CT molecular complexity index is 644. The maximum Gasteiger partial charge on any atom is 0.227 e. The number of ether oxygens (including phenoxy) is 3. The summed E-state index contributed by atoms with van der Waals surface area (Å²) < 4.78 is 15.7. The van der Waals surface area contributed by atoms with Gasteiger partial charge in [-0.05, 0) is 36.4 Å². The summed E-state index contributed by atoms with van der Waals surface area (Å²) in [5.74, 6) is 1.42. The maximum absolute atomic E-state index is 12.2. The van der Waals surface area contributed by atoms with Crippen molar-refractivity contribution in [3.05, 3.63) is 66.4 Å². The SMILES string of the molecule is C=C(Oc1ccccc1OC)C(=O)c1ccc(OC)cc1. The van der Waals surface area contributed by atoms with E-state index < -0.39 is 0 Å². The van der Waals surface area contributed by atoms with Crippen molar-refractivity contribution in [2.24, 2.45) is 0 Å². The highest BCUT2D eigenvalue weighted by molar-refractivity contribution is 6.07. The van der Waals surface area contributed by atoms with Crippen LogP contribution in [0.1, 0.15) is 10.4 Å². The first-order chi connectivity index (χ1) is 10.2. The van der Waals surface area contributed by atoms with Crippen LogP contribution < -0.4 is 14.2 Å². The van der Waals surface area contributed by atoms with Crippen LogP contribution in [0.3, 0.4) is 0 Å². The zero-order chi connectivity index (χ0) is 15.2. The largest absolute Gasteiger partial charge is 0.497 e. The predicted octanol–water partition coefficient (Wildman–Crippen LogP) is 3.48. The van der Waals surface area contributed by atoms with Crippen molar-refractivity contribution in [3.8, 4) is 17.2 Å². The average molecular weight is 284 g/mol. The van der Waals surface area contributed by atoms with E-state index >= 15 is 0 Å². The molecule has 0 aliphatic rings. The van der Waals surface area contributed by atoms with Gasteiger partial charge in [-0.2, -0.15) is 0 Å². The van der Waals surface area contributed by atoms with Crippen LogP contribution in [0, 0.1) is 0 Å². The van der Waals surface area contributed by atoms with Gasteiger partial charge in [-0.3, -0.25) is 4.79 Å². The number of rotatable bonds is 6. The lowest BCUT2D eigenvalue weighted by molar-refractivity contribution is 0.0986. The molecule has 4 heteroatoms. The van der Waals surface area contributed by atoms with Crippen molar-refractivity contribution in [2.45, 2.75) is 0 Å². The lowest BCUT2D eigenvalue weighted by atomic mass is 10.1. The summed E-state index contributed by atoms with van der Waals surface area (Å²) in [6, 6.07) is 13.8. The van der Waals surface area contributed by atoms with Gasteiger partial charge in [0.2, 0.25) is 5.78 Å². The molecule has 0 amide bonds. The number of methoxy groups -OCH3 is 2. The van der Waals surface area contributed by atoms with E-state index in [1.54, 1.807) is 49.6 Å². The molecule has 0 atom stereocenters. The number of allylic oxidation sites excluding steroid dienone is 1. The Kier molecular flexibility index (Phi) is 4.61. The van der Waals surface area contributed by atoms with E-state index in [1.807, 2.05) is 6.07 Å². The van der Waals surface area contributed by atoms with Gasteiger partial charge in [0.1, 0.15) is 5.75 Å². The van der Waals surface area contributed by atoms with Crippen molar-refractivity contribution < 1.29 is 19.0 Å². The highest BCUT2D eigenvalue weighted by Gasteiger charge is 2.14. The molecule has 108 valence electrons. The number of para-hydroxylation sites is 2. The first kappa shape index (κ1) is 14.7. The van der Waals surface area contributed by atoms with Gasteiger partial charge in [0.25, 0.3) is 0 Å². The fourth-order valence-corrected chi connectivity index (χ4v) is 1.79. The molecule has 0 saturated carbocycles. The molecule has 0 heterocycles. The van der Waals surface area contributed by atoms with Crippen LogP contribution in [0.25, 0.3) is 0 Å². The first-order valence-corrected chi connectivity index (χ1v) is 6.34. The third-order valence-corrected chi connectivity index (χ3v) is 2.91. The van der Waals surface area contributed by atoms with E-state index in [-0.39, 0.29) is 11.5 Å². The number of hydrogen-bond donors (Lipinski definition) is 0. The van der Waals surface area contributed by atoms with Crippen LogP contribution in [0.4, 0.5) is 0 Å². The van der Waals surface area contributed by atoms with E-state index in [9.17, 15) is 4.79 Å². The number of carbonyl (C=O) groups is 1. The van der Waals surface area contributed by atoms with E-state index in [0.717, 1.165) is 0 Å². The molecule has 4 nitrogen and oxygen atoms in total. The van der Waals surface area contributed by atoms with E-state index in [1.165, 1.54) is 7.11 Å². The van der Waals surface area contributed by atoms with Gasteiger partial charge in [-0.25, -0.2) is 0 Å². The van der Waals surface area contributed by atoms with Gasteiger partial charge in [-0.1, -0.05) is 18.7 Å². The van der Waals surface area contributed by atoms with Crippen LogP contribution >= 0.6 is 0 Å². The third kappa shape index (κ3) is 3.42. The molecule has 0 aliphatic carbocycles. The predicted molar refractivity (Wildman–Crippen MR) is 80.1 cm³/mol. The molecule has 0 aliphatic heterocycles. The summed E-state index contributed by atoms with van der Waals surface area (Å²) in [6.07, 6.45) is 0. The topological polar surface area (TPSA) is 44.8 Å². The number of Topliss-reactive ketones (excluding diaryl/α,β-unsaturated/α-hetero) is 1. The fourth-order valence-electron chi connectivity index (χ4n) is 1.79. The zero-order valence-corrected chi connectivity index (χ0v) is 12.0. The quantitative estimate of drug-likeness (QED) is 0.463. The summed E-state index contributed by atoms with van der Waals surface area (Å²) in [5, 5.41) is 0. The number of hydrogen-bond acceptors (Lipinski definition) is 4. The Morgan fingerprint density at radius 1 is 0.905 bits per heavy atom. The Balaban J connectivity index is 2.13. The Morgan fingerprint density at radius 3 is 2.10 bits per heavy atom.